The molecule has 0 atom stereocenters. The van der Waals surface area contributed by atoms with Crippen LogP contribution in [0, 0.1) is 0 Å². The minimum Gasteiger partial charge on any atom is -0.453 e. The number of hydrogen-bond acceptors (Lipinski definition) is 6. The van der Waals surface area contributed by atoms with E-state index in [1.54, 1.807) is 58.6 Å². The van der Waals surface area contributed by atoms with Crippen LogP contribution < -0.4 is 31.6 Å². The molecule has 0 aliphatic carbocycles. The Bertz CT molecular complexity index is 1860. The van der Waals surface area contributed by atoms with Crippen molar-refractivity contribution >= 4 is 33.4 Å². The molecule has 2 aliphatic heterocycles. The van der Waals surface area contributed by atoms with E-state index >= 15 is 0 Å². The van der Waals surface area contributed by atoms with E-state index in [0.29, 0.717) is 45.1 Å². The van der Waals surface area contributed by atoms with Gasteiger partial charge in [-0.05, 0) is 12.1 Å². The number of hydrogen-bond donors (Lipinski definition) is 0. The van der Waals surface area contributed by atoms with Gasteiger partial charge in [-0.2, -0.15) is 0 Å². The maximum absolute atomic E-state index is 12.3. The fraction of sp³-hybridized carbons (Fsp3) is 0.167. The van der Waals surface area contributed by atoms with Crippen LogP contribution in [0.4, 0.5) is 11.4 Å². The molecule has 0 bridgehead atoms. The van der Waals surface area contributed by atoms with Crippen molar-refractivity contribution in [2.24, 2.45) is 38.2 Å². The summed E-state index contributed by atoms with van der Waals surface area (Å²) in [5.41, 5.74) is 4.13. The van der Waals surface area contributed by atoms with Gasteiger partial charge in [0, 0.05) is 52.5 Å². The zero-order chi connectivity index (χ0) is 23.5. The van der Waals surface area contributed by atoms with Crippen molar-refractivity contribution in [3.05, 3.63) is 68.1 Å². The summed E-state index contributed by atoms with van der Waals surface area (Å²) in [5, 5.41) is 1.22. The monoisotopic (exact) mass is 454 g/mol. The highest BCUT2D eigenvalue weighted by Crippen LogP contribution is 2.39. The van der Waals surface area contributed by atoms with Crippen molar-refractivity contribution in [3.8, 4) is 23.0 Å². The summed E-state index contributed by atoms with van der Waals surface area (Å²) in [4.78, 5) is 34.2. The number of benzene rings is 3. The highest BCUT2D eigenvalue weighted by atomic mass is 16.5. The largest absolute Gasteiger partial charge is 0.453 e. The molecular weight excluding hydrogens is 436 g/mol. The lowest BCUT2D eigenvalue weighted by Crippen LogP contribution is -2.19. The third-order valence-corrected chi connectivity index (χ3v) is 6.67. The zero-order valence-electron chi connectivity index (χ0n) is 18.8. The predicted octanol–water partition coefficient (Wildman–Crippen LogP) is 2.18. The SMILES string of the molecule is Cn1c(=O)n(C)c2cc3c(cc21)N=c1cc2c(cc1O3)=Nc1cc3c(cc1O2)n(C)c(=O)n3C. The van der Waals surface area contributed by atoms with Crippen LogP contribution in [0.2, 0.25) is 0 Å². The number of aromatic nitrogens is 4. The smallest absolute Gasteiger partial charge is 0.328 e. The zero-order valence-corrected chi connectivity index (χ0v) is 18.8. The number of ether oxygens (including phenoxy) is 2. The predicted molar refractivity (Wildman–Crippen MR) is 125 cm³/mol. The molecule has 5 aromatic rings. The molecule has 2 aromatic heterocycles. The molecule has 34 heavy (non-hydrogen) atoms. The van der Waals surface area contributed by atoms with Gasteiger partial charge in [-0.25, -0.2) is 19.6 Å². The van der Waals surface area contributed by atoms with Gasteiger partial charge >= 0.3 is 11.4 Å². The minimum atomic E-state index is -0.111. The third kappa shape index (κ3) is 2.29. The van der Waals surface area contributed by atoms with E-state index in [1.807, 2.05) is 24.3 Å². The van der Waals surface area contributed by atoms with Crippen LogP contribution in [0.3, 0.4) is 0 Å². The second-order valence-corrected chi connectivity index (χ2v) is 8.63. The lowest BCUT2D eigenvalue weighted by atomic mass is 10.2. The van der Waals surface area contributed by atoms with Crippen LogP contribution in [0.25, 0.3) is 22.1 Å². The van der Waals surface area contributed by atoms with Gasteiger partial charge in [0.05, 0.1) is 22.1 Å². The molecule has 0 fully saturated rings. The van der Waals surface area contributed by atoms with Crippen molar-refractivity contribution in [1.82, 2.24) is 18.3 Å². The third-order valence-electron chi connectivity index (χ3n) is 6.67. The van der Waals surface area contributed by atoms with Gasteiger partial charge in [0.2, 0.25) is 0 Å². The molecule has 2 aliphatic rings. The molecule has 10 nitrogen and oxygen atoms in total. The number of fused-ring (bicyclic) bond motifs is 6. The molecule has 168 valence electrons. The molecule has 3 aromatic carbocycles. The average Bonchev–Trinajstić information content (AvgIpc) is 3.16. The first-order valence-corrected chi connectivity index (χ1v) is 10.7. The van der Waals surface area contributed by atoms with Crippen molar-refractivity contribution in [3.63, 3.8) is 0 Å². The van der Waals surface area contributed by atoms with Gasteiger partial charge in [0.25, 0.3) is 0 Å². The Kier molecular flexibility index (Phi) is 3.36. The van der Waals surface area contributed by atoms with Crippen LogP contribution >= 0.6 is 0 Å². The lowest BCUT2D eigenvalue weighted by molar-refractivity contribution is 0.451. The van der Waals surface area contributed by atoms with Crippen LogP contribution in [-0.4, -0.2) is 18.3 Å². The van der Waals surface area contributed by atoms with E-state index < -0.39 is 0 Å². The van der Waals surface area contributed by atoms with E-state index in [2.05, 4.69) is 0 Å². The number of imidazole rings is 2. The Morgan fingerprint density at radius 2 is 0.882 bits per heavy atom. The van der Waals surface area contributed by atoms with Gasteiger partial charge in [-0.15, -0.1) is 0 Å². The molecule has 10 heteroatoms. The van der Waals surface area contributed by atoms with Gasteiger partial charge in [-0.3, -0.25) is 18.3 Å². The highest BCUT2D eigenvalue weighted by Gasteiger charge is 2.22. The van der Waals surface area contributed by atoms with Crippen molar-refractivity contribution in [2.75, 3.05) is 0 Å². The standard InChI is InChI=1S/C24H18N6O4/c1-27-15-5-11-21(9-17(15)29(3)23(27)31)33-19-8-14-20(7-13(19)25-11)34-22-10-18-16(6-12(22)26-14)28(2)24(32)30(18)4/h5-10H,1-4H3. The Morgan fingerprint density at radius 1 is 0.529 bits per heavy atom. The summed E-state index contributed by atoms with van der Waals surface area (Å²) in [7, 11) is 6.93. The first kappa shape index (κ1) is 18.9. The van der Waals surface area contributed by atoms with E-state index in [-0.39, 0.29) is 11.4 Å². The summed E-state index contributed by atoms with van der Waals surface area (Å²) >= 11 is 0. The molecule has 0 unspecified atom stereocenters. The van der Waals surface area contributed by atoms with Crippen molar-refractivity contribution < 1.29 is 9.47 Å². The van der Waals surface area contributed by atoms with Gasteiger partial charge < -0.3 is 9.47 Å². The van der Waals surface area contributed by atoms with Crippen molar-refractivity contribution in [1.29, 1.82) is 0 Å². The normalized spacial score (nSPS) is 13.3. The molecule has 7 rings (SSSR count). The summed E-state index contributed by atoms with van der Waals surface area (Å²) in [6.45, 7) is 0. The number of nitrogens with zero attached hydrogens (tertiary/aromatic N) is 6. The quantitative estimate of drug-likeness (QED) is 0.351. The van der Waals surface area contributed by atoms with E-state index in [0.717, 1.165) is 22.1 Å². The van der Waals surface area contributed by atoms with Crippen LogP contribution in [-0.2, 0) is 28.2 Å². The second-order valence-electron chi connectivity index (χ2n) is 8.63. The molecule has 4 heterocycles. The Hall–Kier alpha value is -4.60. The van der Waals surface area contributed by atoms with Crippen LogP contribution in [0.5, 0.6) is 23.0 Å². The number of rotatable bonds is 0. The lowest BCUT2D eigenvalue weighted by Gasteiger charge is -2.18. The van der Waals surface area contributed by atoms with Crippen LogP contribution in [0.15, 0.2) is 56.0 Å². The summed E-state index contributed by atoms with van der Waals surface area (Å²) in [5.74, 6) is 2.24. The van der Waals surface area contributed by atoms with E-state index in [1.165, 1.54) is 0 Å². The Morgan fingerprint density at radius 3 is 1.26 bits per heavy atom. The first-order chi connectivity index (χ1) is 16.3. The molecule has 0 amide bonds. The fourth-order valence-corrected chi connectivity index (χ4v) is 4.74. The molecule has 0 spiro atoms. The Labute approximate surface area is 190 Å². The maximum Gasteiger partial charge on any atom is 0.328 e. The Balaban J connectivity index is 1.42. The molecule has 0 radical (unpaired) electrons. The van der Waals surface area contributed by atoms with Crippen molar-refractivity contribution in [2.45, 2.75) is 0 Å². The van der Waals surface area contributed by atoms with Gasteiger partial charge in [0.1, 0.15) is 22.1 Å². The topological polar surface area (TPSA) is 97.0 Å². The average molecular weight is 454 g/mol. The molecule has 0 saturated heterocycles. The summed E-state index contributed by atoms with van der Waals surface area (Å²) < 4.78 is 18.7. The molecular formula is C24H18N6O4. The minimum absolute atomic E-state index is 0.111. The maximum atomic E-state index is 12.3. The van der Waals surface area contributed by atoms with E-state index in [9.17, 15) is 9.59 Å². The second kappa shape index (κ2) is 6.04. The molecule has 0 N–H and O–H groups in total. The van der Waals surface area contributed by atoms with Crippen LogP contribution in [0.1, 0.15) is 0 Å². The van der Waals surface area contributed by atoms with Gasteiger partial charge in [-0.1, -0.05) is 0 Å². The van der Waals surface area contributed by atoms with E-state index in [4.69, 9.17) is 19.5 Å². The summed E-state index contributed by atoms with van der Waals surface area (Å²) in [6, 6.07) is 10.9. The first-order valence-electron chi connectivity index (χ1n) is 10.7. The summed E-state index contributed by atoms with van der Waals surface area (Å²) in [6.07, 6.45) is 0. The highest BCUT2D eigenvalue weighted by molar-refractivity contribution is 5.84. The fourth-order valence-electron chi connectivity index (χ4n) is 4.74. The molecule has 0 saturated carbocycles. The van der Waals surface area contributed by atoms with Gasteiger partial charge in [0.15, 0.2) is 23.0 Å². The number of aryl methyl sites for hydroxylation is 4.